The fraction of sp³-hybridized carbons (Fsp3) is 0.333. The number of rotatable bonds is 2. The van der Waals surface area contributed by atoms with Gasteiger partial charge < -0.3 is 4.90 Å². The zero-order valence-corrected chi connectivity index (χ0v) is 13.9. The quantitative estimate of drug-likeness (QED) is 0.843. The van der Waals surface area contributed by atoms with Crippen LogP contribution in [0.1, 0.15) is 29.3 Å². The van der Waals surface area contributed by atoms with Gasteiger partial charge in [-0.1, -0.05) is 18.2 Å². The van der Waals surface area contributed by atoms with Crippen LogP contribution in [0.15, 0.2) is 29.1 Å². The van der Waals surface area contributed by atoms with Crippen LogP contribution in [-0.2, 0) is 17.8 Å². The Morgan fingerprint density at radius 1 is 1.38 bits per heavy atom. The number of hydrogen-bond acceptors (Lipinski definition) is 4. The Morgan fingerprint density at radius 2 is 2.08 bits per heavy atom. The minimum absolute atomic E-state index is 0.0348. The molecule has 0 aliphatic carbocycles. The highest BCUT2D eigenvalue weighted by atomic mass is 16.2. The molecule has 0 spiro atoms. The normalized spacial score (nSPS) is 15.9. The number of para-hydroxylation sites is 1. The van der Waals surface area contributed by atoms with Crippen LogP contribution in [0.5, 0.6) is 0 Å². The Hall–Kier alpha value is -2.94. The first-order valence-electron chi connectivity index (χ1n) is 7.82. The van der Waals surface area contributed by atoms with Gasteiger partial charge in [-0.2, -0.15) is 10.4 Å². The molecule has 6 nitrogen and oxygen atoms in total. The number of nitriles is 1. The Morgan fingerprint density at radius 3 is 2.79 bits per heavy atom. The van der Waals surface area contributed by atoms with Crippen LogP contribution in [0.25, 0.3) is 0 Å². The summed E-state index contributed by atoms with van der Waals surface area (Å²) in [6, 6.07) is 9.71. The molecule has 6 heteroatoms. The van der Waals surface area contributed by atoms with Crippen LogP contribution < -0.4 is 10.5 Å². The van der Waals surface area contributed by atoms with Gasteiger partial charge in [0, 0.05) is 11.7 Å². The van der Waals surface area contributed by atoms with E-state index in [9.17, 15) is 14.9 Å². The van der Waals surface area contributed by atoms with E-state index in [0.29, 0.717) is 11.3 Å². The summed E-state index contributed by atoms with van der Waals surface area (Å²) in [6.45, 7) is 5.22. The van der Waals surface area contributed by atoms with Crippen molar-refractivity contribution in [3.05, 3.63) is 57.0 Å². The first kappa shape index (κ1) is 15.9. The Balaban J connectivity index is 1.96. The lowest BCUT2D eigenvalue weighted by molar-refractivity contribution is -0.119. The third-order valence-electron chi connectivity index (χ3n) is 4.51. The van der Waals surface area contributed by atoms with Gasteiger partial charge in [-0.05, 0) is 44.4 Å². The van der Waals surface area contributed by atoms with E-state index in [1.54, 1.807) is 18.7 Å². The zero-order valence-electron chi connectivity index (χ0n) is 13.9. The molecule has 0 unspecified atom stereocenters. The summed E-state index contributed by atoms with van der Waals surface area (Å²) in [5.41, 5.74) is 2.67. The lowest BCUT2D eigenvalue weighted by atomic mass is 10.1. The fourth-order valence-electron chi connectivity index (χ4n) is 3.16. The molecule has 1 amide bonds. The Kier molecular flexibility index (Phi) is 3.94. The molecular weight excluding hydrogens is 304 g/mol. The van der Waals surface area contributed by atoms with Crippen LogP contribution in [0, 0.1) is 25.2 Å². The molecule has 1 atom stereocenters. The smallest absolute Gasteiger partial charge is 0.285 e. The summed E-state index contributed by atoms with van der Waals surface area (Å²) in [4.78, 5) is 26.8. The van der Waals surface area contributed by atoms with Gasteiger partial charge >= 0.3 is 0 Å². The molecule has 0 N–H and O–H groups in total. The molecule has 1 aromatic carbocycles. The molecular formula is C18H18N4O2. The molecule has 0 saturated heterocycles. The molecule has 24 heavy (non-hydrogen) atoms. The van der Waals surface area contributed by atoms with Gasteiger partial charge in [0.15, 0.2) is 0 Å². The first-order chi connectivity index (χ1) is 11.4. The summed E-state index contributed by atoms with van der Waals surface area (Å²) in [5.74, 6) is -0.200. The summed E-state index contributed by atoms with van der Waals surface area (Å²) < 4.78 is 1.09. The molecule has 2 heterocycles. The van der Waals surface area contributed by atoms with Crippen LogP contribution in [0.2, 0.25) is 0 Å². The molecule has 1 aromatic heterocycles. The molecule has 0 bridgehead atoms. The number of amides is 1. The maximum Gasteiger partial charge on any atom is 0.285 e. The molecule has 1 aliphatic rings. The molecule has 122 valence electrons. The number of nitrogens with zero attached hydrogens (tertiary/aromatic N) is 4. The van der Waals surface area contributed by atoms with Crippen LogP contribution in [0.4, 0.5) is 5.69 Å². The second kappa shape index (κ2) is 5.93. The predicted octanol–water partition coefficient (Wildman–Crippen LogP) is 1.71. The van der Waals surface area contributed by atoms with Crippen LogP contribution in [-0.4, -0.2) is 21.7 Å². The maximum absolute atomic E-state index is 12.8. The molecule has 0 saturated carbocycles. The Bertz CT molecular complexity index is 924. The summed E-state index contributed by atoms with van der Waals surface area (Å²) in [5, 5.41) is 13.4. The van der Waals surface area contributed by atoms with Crippen molar-refractivity contribution in [2.24, 2.45) is 0 Å². The highest BCUT2D eigenvalue weighted by Crippen LogP contribution is 2.31. The fourth-order valence-corrected chi connectivity index (χ4v) is 3.16. The van der Waals surface area contributed by atoms with Crippen molar-refractivity contribution in [1.29, 1.82) is 5.26 Å². The first-order valence-corrected chi connectivity index (χ1v) is 7.82. The minimum Gasteiger partial charge on any atom is -0.307 e. The van der Waals surface area contributed by atoms with Gasteiger partial charge in [0.2, 0.25) is 5.91 Å². The number of benzene rings is 1. The SMILES string of the molecule is Cc1nn(CC(=O)N2c3ccccc3C[C@@H]2C)c(=O)c(C#N)c1C. The van der Waals surface area contributed by atoms with E-state index in [4.69, 9.17) is 0 Å². The van der Waals surface area contributed by atoms with Gasteiger partial charge in [-0.3, -0.25) is 9.59 Å². The monoisotopic (exact) mass is 322 g/mol. The van der Waals surface area contributed by atoms with Crippen molar-refractivity contribution in [3.63, 3.8) is 0 Å². The molecule has 2 aromatic rings. The van der Waals surface area contributed by atoms with E-state index in [0.717, 1.165) is 22.4 Å². The third-order valence-corrected chi connectivity index (χ3v) is 4.51. The van der Waals surface area contributed by atoms with E-state index in [1.807, 2.05) is 37.3 Å². The van der Waals surface area contributed by atoms with Gasteiger partial charge in [0.05, 0.1) is 5.69 Å². The van der Waals surface area contributed by atoms with Crippen molar-refractivity contribution in [2.45, 2.75) is 39.8 Å². The summed E-state index contributed by atoms with van der Waals surface area (Å²) >= 11 is 0. The number of carbonyl (C=O) groups is 1. The van der Waals surface area contributed by atoms with Crippen molar-refractivity contribution in [3.8, 4) is 6.07 Å². The van der Waals surface area contributed by atoms with E-state index < -0.39 is 5.56 Å². The predicted molar refractivity (Wildman–Crippen MR) is 89.8 cm³/mol. The number of fused-ring (bicyclic) bond motifs is 1. The molecule has 0 fully saturated rings. The molecule has 0 radical (unpaired) electrons. The number of anilines is 1. The van der Waals surface area contributed by atoms with Crippen LogP contribution in [0.3, 0.4) is 0 Å². The number of hydrogen-bond donors (Lipinski definition) is 0. The topological polar surface area (TPSA) is 79.0 Å². The van der Waals surface area contributed by atoms with Gasteiger partial charge in [0.25, 0.3) is 5.56 Å². The van der Waals surface area contributed by atoms with E-state index in [-0.39, 0.29) is 24.1 Å². The second-order valence-electron chi connectivity index (χ2n) is 6.11. The number of carbonyl (C=O) groups excluding carboxylic acids is 1. The third kappa shape index (κ3) is 2.48. The molecule has 1 aliphatic heterocycles. The second-order valence-corrected chi connectivity index (χ2v) is 6.11. The van der Waals surface area contributed by atoms with Gasteiger partial charge in [-0.25, -0.2) is 4.68 Å². The number of aromatic nitrogens is 2. The zero-order chi connectivity index (χ0) is 17.4. The standard InChI is InChI=1S/C18H18N4O2/c1-11-8-14-6-4-5-7-16(14)22(11)17(23)10-21-18(24)15(9-19)12(2)13(3)20-21/h4-7,11H,8,10H2,1-3H3/t11-/m0/s1. The van der Waals surface area contributed by atoms with Crippen molar-refractivity contribution in [2.75, 3.05) is 4.90 Å². The van der Waals surface area contributed by atoms with E-state index >= 15 is 0 Å². The van der Waals surface area contributed by atoms with Crippen molar-refractivity contribution >= 4 is 11.6 Å². The molecule has 3 rings (SSSR count). The summed E-state index contributed by atoms with van der Waals surface area (Å²) in [7, 11) is 0. The van der Waals surface area contributed by atoms with E-state index in [1.165, 1.54) is 0 Å². The van der Waals surface area contributed by atoms with E-state index in [2.05, 4.69) is 5.10 Å². The summed E-state index contributed by atoms with van der Waals surface area (Å²) in [6.07, 6.45) is 0.792. The van der Waals surface area contributed by atoms with Crippen LogP contribution >= 0.6 is 0 Å². The van der Waals surface area contributed by atoms with Gasteiger partial charge in [0.1, 0.15) is 18.2 Å². The average molecular weight is 322 g/mol. The highest BCUT2D eigenvalue weighted by molar-refractivity contribution is 5.96. The number of aryl methyl sites for hydroxylation is 1. The van der Waals surface area contributed by atoms with Crippen molar-refractivity contribution < 1.29 is 4.79 Å². The van der Waals surface area contributed by atoms with Crippen molar-refractivity contribution in [1.82, 2.24) is 9.78 Å². The largest absolute Gasteiger partial charge is 0.307 e. The Labute approximate surface area is 139 Å². The minimum atomic E-state index is -0.519. The average Bonchev–Trinajstić information content (AvgIpc) is 2.89. The lowest BCUT2D eigenvalue weighted by Crippen LogP contribution is -2.41. The van der Waals surface area contributed by atoms with Gasteiger partial charge in [-0.15, -0.1) is 0 Å². The lowest BCUT2D eigenvalue weighted by Gasteiger charge is -2.23. The highest BCUT2D eigenvalue weighted by Gasteiger charge is 2.31. The maximum atomic E-state index is 12.8.